The Bertz CT molecular complexity index is 2500. The Kier molecular flexibility index (Phi) is 7.68. The number of rotatable bonds is 7. The first-order chi connectivity index (χ1) is 23.7. The molecule has 1 heterocycles. The third kappa shape index (κ3) is 5.18. The molecule has 0 aliphatic rings. The summed E-state index contributed by atoms with van der Waals surface area (Å²) in [5.74, 6) is 0. The van der Waals surface area contributed by atoms with Crippen molar-refractivity contribution >= 4 is 61.0 Å². The highest BCUT2D eigenvalue weighted by molar-refractivity contribution is 6.24. The van der Waals surface area contributed by atoms with Crippen molar-refractivity contribution in [2.45, 2.75) is 13.3 Å². The van der Waals surface area contributed by atoms with E-state index in [0.29, 0.717) is 0 Å². The number of fused-ring (bicyclic) bond motifs is 4. The van der Waals surface area contributed by atoms with E-state index in [4.69, 9.17) is 5.41 Å². The molecule has 228 valence electrons. The van der Waals surface area contributed by atoms with E-state index in [9.17, 15) is 0 Å². The lowest BCUT2D eigenvalue weighted by Crippen LogP contribution is -1.93. The van der Waals surface area contributed by atoms with Gasteiger partial charge in [0.05, 0.1) is 5.69 Å². The smallest absolute Gasteiger partial charge is 0.0702 e. The lowest BCUT2D eigenvalue weighted by Gasteiger charge is -2.19. The Hall–Kier alpha value is -6.12. The molecule has 2 heteroatoms. The molecule has 8 aromatic rings. The molecule has 0 aliphatic carbocycles. The molecule has 0 unspecified atom stereocenters. The van der Waals surface area contributed by atoms with E-state index in [-0.39, 0.29) is 0 Å². The molecular weight excluding hydrogens is 581 g/mol. The molecule has 8 rings (SSSR count). The molecule has 2 nitrogen and oxygen atoms in total. The van der Waals surface area contributed by atoms with Crippen LogP contribution < -0.4 is 0 Å². The molecule has 0 aliphatic heterocycles. The van der Waals surface area contributed by atoms with Gasteiger partial charge in [-0.15, -0.1) is 0 Å². The molecule has 0 bridgehead atoms. The zero-order chi connectivity index (χ0) is 32.5. The maximum Gasteiger partial charge on any atom is 0.0702 e. The Labute approximate surface area is 280 Å². The number of benzene rings is 7. The fraction of sp³-hybridized carbons (Fsp3) is 0.0435. The van der Waals surface area contributed by atoms with Crippen molar-refractivity contribution in [3.63, 3.8) is 0 Å². The average Bonchev–Trinajstić information content (AvgIpc) is 3.15. The van der Waals surface area contributed by atoms with Crippen LogP contribution in [0.5, 0.6) is 0 Å². The predicted molar refractivity (Wildman–Crippen MR) is 207 cm³/mol. The number of aryl methyl sites for hydroxylation is 1. The van der Waals surface area contributed by atoms with Crippen molar-refractivity contribution in [2.75, 3.05) is 0 Å². The quantitative estimate of drug-likeness (QED) is 0.108. The van der Waals surface area contributed by atoms with Gasteiger partial charge in [-0.25, -0.2) is 0 Å². The van der Waals surface area contributed by atoms with Crippen molar-refractivity contribution < 1.29 is 0 Å². The minimum atomic E-state index is 0.871. The molecule has 1 N–H and O–H groups in total. The number of nitrogens with zero attached hydrogens (tertiary/aromatic N) is 1. The van der Waals surface area contributed by atoms with Gasteiger partial charge < -0.3 is 5.41 Å². The van der Waals surface area contributed by atoms with Crippen LogP contribution in [0.25, 0.3) is 77.0 Å². The van der Waals surface area contributed by atoms with E-state index < -0.39 is 0 Å². The van der Waals surface area contributed by atoms with Gasteiger partial charge in [-0.1, -0.05) is 134 Å². The standard InChI is InChI=1S/C46H34N2/c1-2-31-20-21-33-29-36(23-22-32(33)28-31)45-39-15-5-7-17-41(39)46(42-18-8-6-16-40(42)45)43-25-24-34(37-13-3-4-14-38(37)43)30-35(12-11-26-47)44-19-9-10-27-48-44/h3-30,47H,2H2,1H3/b12-11-,35-30-,47-26?. The molecule has 0 fully saturated rings. The summed E-state index contributed by atoms with van der Waals surface area (Å²) in [6.45, 7) is 2.21. The van der Waals surface area contributed by atoms with Gasteiger partial charge in [0.2, 0.25) is 0 Å². The lowest BCUT2D eigenvalue weighted by atomic mass is 9.84. The van der Waals surface area contributed by atoms with E-state index in [1.54, 1.807) is 6.08 Å². The lowest BCUT2D eigenvalue weighted by molar-refractivity contribution is 1.15. The fourth-order valence-electron chi connectivity index (χ4n) is 7.13. The van der Waals surface area contributed by atoms with Gasteiger partial charge in [-0.05, 0) is 113 Å². The zero-order valence-electron chi connectivity index (χ0n) is 26.8. The predicted octanol–water partition coefficient (Wildman–Crippen LogP) is 12.3. The number of nitrogens with one attached hydrogen (secondary N) is 1. The second kappa shape index (κ2) is 12.6. The first kappa shape index (κ1) is 29.3. The zero-order valence-corrected chi connectivity index (χ0v) is 26.8. The van der Waals surface area contributed by atoms with Gasteiger partial charge in [0, 0.05) is 18.0 Å². The maximum absolute atomic E-state index is 7.59. The first-order valence-electron chi connectivity index (χ1n) is 16.5. The molecule has 0 amide bonds. The molecule has 0 saturated carbocycles. The van der Waals surface area contributed by atoms with Crippen molar-refractivity contribution in [3.8, 4) is 22.3 Å². The van der Waals surface area contributed by atoms with Crippen LogP contribution in [-0.2, 0) is 6.42 Å². The van der Waals surface area contributed by atoms with E-state index in [2.05, 4.69) is 139 Å². The van der Waals surface area contributed by atoms with Gasteiger partial charge in [-0.2, -0.15) is 0 Å². The normalized spacial score (nSPS) is 12.1. The number of aromatic nitrogens is 1. The molecule has 0 atom stereocenters. The minimum Gasteiger partial charge on any atom is -0.309 e. The number of allylic oxidation sites excluding steroid dienone is 3. The van der Waals surface area contributed by atoms with E-state index in [1.807, 2.05) is 30.5 Å². The second-order valence-electron chi connectivity index (χ2n) is 12.2. The Morgan fingerprint density at radius 2 is 1.23 bits per heavy atom. The summed E-state index contributed by atoms with van der Waals surface area (Å²) in [6, 6.07) is 50.6. The third-order valence-corrected chi connectivity index (χ3v) is 9.40. The largest absolute Gasteiger partial charge is 0.309 e. The third-order valence-electron chi connectivity index (χ3n) is 9.40. The van der Waals surface area contributed by atoms with Crippen molar-refractivity contribution in [2.24, 2.45) is 0 Å². The van der Waals surface area contributed by atoms with E-state index >= 15 is 0 Å². The maximum atomic E-state index is 7.59. The van der Waals surface area contributed by atoms with Crippen LogP contribution in [0.4, 0.5) is 0 Å². The Balaban J connectivity index is 1.38. The van der Waals surface area contributed by atoms with Crippen LogP contribution in [0, 0.1) is 5.41 Å². The van der Waals surface area contributed by atoms with Crippen molar-refractivity contribution in [1.82, 2.24) is 4.98 Å². The van der Waals surface area contributed by atoms with Crippen LogP contribution in [0.3, 0.4) is 0 Å². The summed E-state index contributed by atoms with van der Waals surface area (Å²) < 4.78 is 0. The van der Waals surface area contributed by atoms with E-state index in [1.165, 1.54) is 77.1 Å². The highest BCUT2D eigenvalue weighted by atomic mass is 14.7. The van der Waals surface area contributed by atoms with E-state index in [0.717, 1.165) is 23.3 Å². The molecular formula is C46H34N2. The summed E-state index contributed by atoms with van der Waals surface area (Å²) in [5, 5.41) is 17.5. The number of hydrogen-bond acceptors (Lipinski definition) is 2. The highest BCUT2D eigenvalue weighted by Gasteiger charge is 2.18. The van der Waals surface area contributed by atoms with Crippen LogP contribution in [0.2, 0.25) is 0 Å². The molecule has 1 aromatic heterocycles. The van der Waals surface area contributed by atoms with Gasteiger partial charge in [0.1, 0.15) is 0 Å². The Morgan fingerprint density at radius 1 is 0.604 bits per heavy atom. The topological polar surface area (TPSA) is 36.7 Å². The first-order valence-corrected chi connectivity index (χ1v) is 16.5. The monoisotopic (exact) mass is 614 g/mol. The molecule has 7 aromatic carbocycles. The van der Waals surface area contributed by atoms with Gasteiger partial charge in [0.25, 0.3) is 0 Å². The summed E-state index contributed by atoms with van der Waals surface area (Å²) >= 11 is 0. The molecule has 0 saturated heterocycles. The van der Waals surface area contributed by atoms with Gasteiger partial charge >= 0.3 is 0 Å². The van der Waals surface area contributed by atoms with Crippen LogP contribution in [0.15, 0.2) is 158 Å². The van der Waals surface area contributed by atoms with Crippen LogP contribution >= 0.6 is 0 Å². The van der Waals surface area contributed by atoms with Crippen LogP contribution in [-0.4, -0.2) is 11.2 Å². The Morgan fingerprint density at radius 3 is 1.90 bits per heavy atom. The van der Waals surface area contributed by atoms with Crippen LogP contribution in [0.1, 0.15) is 23.7 Å². The average molecular weight is 615 g/mol. The summed E-state index contributed by atoms with van der Waals surface area (Å²) in [6.07, 6.45) is 10.0. The minimum absolute atomic E-state index is 0.871. The molecule has 0 spiro atoms. The van der Waals surface area contributed by atoms with Gasteiger partial charge in [0.15, 0.2) is 0 Å². The number of pyridine rings is 1. The van der Waals surface area contributed by atoms with Crippen molar-refractivity contribution in [3.05, 3.63) is 175 Å². The molecule has 0 radical (unpaired) electrons. The SMILES string of the molecule is CCc1ccc2cc(-c3c4ccccc4c(-c4ccc(/C=C(/C=C\C=N)c5ccccn5)c5ccccc45)c4ccccc34)ccc2c1. The fourth-order valence-corrected chi connectivity index (χ4v) is 7.13. The summed E-state index contributed by atoms with van der Waals surface area (Å²) in [7, 11) is 0. The summed E-state index contributed by atoms with van der Waals surface area (Å²) in [5.41, 5.74) is 9.26. The van der Waals surface area contributed by atoms with Gasteiger partial charge in [-0.3, -0.25) is 4.98 Å². The second-order valence-corrected chi connectivity index (χ2v) is 12.2. The number of hydrogen-bond donors (Lipinski definition) is 1. The highest BCUT2D eigenvalue weighted by Crippen LogP contribution is 2.46. The molecule has 48 heavy (non-hydrogen) atoms. The summed E-state index contributed by atoms with van der Waals surface area (Å²) in [4.78, 5) is 4.60. The van der Waals surface area contributed by atoms with Crippen molar-refractivity contribution in [1.29, 1.82) is 5.41 Å².